The van der Waals surface area contributed by atoms with E-state index in [2.05, 4.69) is 28.7 Å². The molecule has 14 heavy (non-hydrogen) atoms. The van der Waals surface area contributed by atoms with Crippen LogP contribution in [0.15, 0.2) is 6.33 Å². The Bertz CT molecular complexity index is 246. The molecule has 0 aliphatic heterocycles. The third kappa shape index (κ3) is 3.89. The molecule has 0 unspecified atom stereocenters. The van der Waals surface area contributed by atoms with Crippen LogP contribution in [0.25, 0.3) is 0 Å². The second-order valence-electron chi connectivity index (χ2n) is 2.62. The van der Waals surface area contributed by atoms with Crippen molar-refractivity contribution in [2.75, 3.05) is 0 Å². The summed E-state index contributed by atoms with van der Waals surface area (Å²) in [5, 5.41) is 0.387. The summed E-state index contributed by atoms with van der Waals surface area (Å²) in [7, 11) is 0. The number of hydrogen-bond acceptors (Lipinski definition) is 4. The molecule has 0 amide bonds. The van der Waals surface area contributed by atoms with Crippen molar-refractivity contribution in [3.63, 3.8) is 0 Å². The zero-order valence-electron chi connectivity index (χ0n) is 8.75. The van der Waals surface area contributed by atoms with Crippen LogP contribution in [0.4, 0.5) is 0 Å². The molecule has 0 aromatic carbocycles. The fourth-order valence-electron chi connectivity index (χ4n) is 0.716. The van der Waals surface area contributed by atoms with Gasteiger partial charge in [0, 0.05) is 0 Å². The molecule has 0 saturated carbocycles. The van der Waals surface area contributed by atoms with Gasteiger partial charge in [0.1, 0.15) is 11.3 Å². The Morgan fingerprint density at radius 3 is 2.36 bits per heavy atom. The topological polar surface area (TPSA) is 61.0 Å². The van der Waals surface area contributed by atoms with Crippen LogP contribution in [0.2, 0.25) is 5.02 Å². The second kappa shape index (κ2) is 7.53. The molecule has 0 radical (unpaired) electrons. The van der Waals surface area contributed by atoms with E-state index in [-0.39, 0.29) is 5.88 Å². The first-order chi connectivity index (χ1) is 6.71. The summed E-state index contributed by atoms with van der Waals surface area (Å²) in [6, 6.07) is 0. The molecule has 0 atom stereocenters. The first-order valence-electron chi connectivity index (χ1n) is 4.57. The van der Waals surface area contributed by atoms with Gasteiger partial charge in [-0.25, -0.2) is 4.98 Å². The van der Waals surface area contributed by atoms with E-state index < -0.39 is 0 Å². The number of hydrogen-bond donors (Lipinski definition) is 1. The molecule has 80 valence electrons. The smallest absolute Gasteiger partial charge is 0.259 e. The van der Waals surface area contributed by atoms with Crippen molar-refractivity contribution in [1.29, 1.82) is 0 Å². The average Bonchev–Trinajstić information content (AvgIpc) is 2.19. The SMILES string of the molecule is CCC.CCc1ncnc(ON)c1Cl. The van der Waals surface area contributed by atoms with Gasteiger partial charge in [0.05, 0.1) is 5.69 Å². The lowest BCUT2D eigenvalue weighted by molar-refractivity contribution is 0.319. The van der Waals surface area contributed by atoms with Crippen LogP contribution in [0, 0.1) is 0 Å². The Labute approximate surface area is 89.4 Å². The van der Waals surface area contributed by atoms with E-state index in [1.165, 1.54) is 12.7 Å². The maximum atomic E-state index is 5.78. The molecule has 4 nitrogen and oxygen atoms in total. The molecule has 1 aromatic heterocycles. The van der Waals surface area contributed by atoms with E-state index in [9.17, 15) is 0 Å². The number of nitrogens with two attached hydrogens (primary N) is 1. The Hall–Kier alpha value is -0.870. The van der Waals surface area contributed by atoms with E-state index in [4.69, 9.17) is 17.5 Å². The van der Waals surface area contributed by atoms with Gasteiger partial charge < -0.3 is 4.84 Å². The first-order valence-corrected chi connectivity index (χ1v) is 4.95. The predicted octanol–water partition coefficient (Wildman–Crippen LogP) is 2.36. The molecule has 0 saturated heterocycles. The Morgan fingerprint density at radius 1 is 1.36 bits per heavy atom. The number of halogens is 1. The summed E-state index contributed by atoms with van der Waals surface area (Å²) in [4.78, 5) is 12.0. The average molecular weight is 218 g/mol. The minimum absolute atomic E-state index is 0.221. The van der Waals surface area contributed by atoms with Crippen molar-refractivity contribution in [2.24, 2.45) is 5.90 Å². The van der Waals surface area contributed by atoms with Gasteiger partial charge in [-0.05, 0) is 6.42 Å². The van der Waals surface area contributed by atoms with E-state index >= 15 is 0 Å². The van der Waals surface area contributed by atoms with Gasteiger partial charge in [-0.15, -0.1) is 0 Å². The molecular formula is C9H16ClN3O. The van der Waals surface area contributed by atoms with Gasteiger partial charge in [-0.1, -0.05) is 38.8 Å². The quantitative estimate of drug-likeness (QED) is 0.773. The van der Waals surface area contributed by atoms with Gasteiger partial charge in [-0.2, -0.15) is 10.9 Å². The molecule has 5 heteroatoms. The summed E-state index contributed by atoms with van der Waals surface area (Å²) in [6.07, 6.45) is 3.35. The van der Waals surface area contributed by atoms with E-state index in [0.717, 1.165) is 12.1 Å². The number of nitrogens with zero attached hydrogens (tertiary/aromatic N) is 2. The van der Waals surface area contributed by atoms with E-state index in [1.807, 2.05) is 6.92 Å². The predicted molar refractivity (Wildman–Crippen MR) is 57.2 cm³/mol. The number of aryl methyl sites for hydroxylation is 1. The normalized spacial score (nSPS) is 8.93. The van der Waals surface area contributed by atoms with Gasteiger partial charge in [0.2, 0.25) is 0 Å². The first kappa shape index (κ1) is 13.1. The summed E-state index contributed by atoms with van der Waals surface area (Å²) < 4.78 is 0. The van der Waals surface area contributed by atoms with Crippen molar-refractivity contribution in [3.8, 4) is 5.88 Å². The Morgan fingerprint density at radius 2 is 1.93 bits per heavy atom. The van der Waals surface area contributed by atoms with Gasteiger partial charge in [-0.3, -0.25) is 0 Å². The molecule has 1 heterocycles. The van der Waals surface area contributed by atoms with Crippen molar-refractivity contribution in [3.05, 3.63) is 17.0 Å². The summed E-state index contributed by atoms with van der Waals surface area (Å²) in [5.74, 6) is 5.12. The largest absolute Gasteiger partial charge is 0.389 e. The molecule has 0 aliphatic carbocycles. The standard InChI is InChI=1S/C6H8ClN3O.C3H8/c1-2-4-5(7)6(11-8)10-3-9-4;1-3-2/h3H,2,8H2,1H3;3H2,1-2H3. The second-order valence-corrected chi connectivity index (χ2v) is 3.00. The number of aromatic nitrogens is 2. The van der Waals surface area contributed by atoms with Gasteiger partial charge in [0.15, 0.2) is 0 Å². The fraction of sp³-hybridized carbons (Fsp3) is 0.556. The van der Waals surface area contributed by atoms with E-state index in [0.29, 0.717) is 5.02 Å². The molecule has 2 N–H and O–H groups in total. The van der Waals surface area contributed by atoms with Crippen LogP contribution in [-0.2, 0) is 6.42 Å². The lowest BCUT2D eigenvalue weighted by atomic mass is 10.3. The number of rotatable bonds is 2. The zero-order chi connectivity index (χ0) is 11.0. The lowest BCUT2D eigenvalue weighted by Gasteiger charge is -2.02. The van der Waals surface area contributed by atoms with E-state index in [1.54, 1.807) is 0 Å². The highest BCUT2D eigenvalue weighted by Crippen LogP contribution is 2.22. The molecular weight excluding hydrogens is 202 g/mol. The summed E-state index contributed by atoms with van der Waals surface area (Å²) in [6.45, 7) is 6.19. The molecule has 1 rings (SSSR count). The Kier molecular flexibility index (Phi) is 7.06. The van der Waals surface area contributed by atoms with Crippen LogP contribution in [0.1, 0.15) is 32.9 Å². The van der Waals surface area contributed by atoms with Crippen molar-refractivity contribution >= 4 is 11.6 Å². The monoisotopic (exact) mass is 217 g/mol. The van der Waals surface area contributed by atoms with Crippen molar-refractivity contribution < 1.29 is 4.84 Å². The molecule has 0 aliphatic rings. The van der Waals surface area contributed by atoms with Crippen molar-refractivity contribution in [2.45, 2.75) is 33.6 Å². The third-order valence-corrected chi connectivity index (χ3v) is 1.66. The maximum Gasteiger partial charge on any atom is 0.259 e. The third-order valence-electron chi connectivity index (χ3n) is 1.28. The van der Waals surface area contributed by atoms with Crippen LogP contribution in [-0.4, -0.2) is 9.97 Å². The molecule has 0 fully saturated rings. The minimum atomic E-state index is 0.221. The molecule has 1 aromatic rings. The summed E-state index contributed by atoms with van der Waals surface area (Å²) >= 11 is 5.78. The highest BCUT2D eigenvalue weighted by atomic mass is 35.5. The zero-order valence-corrected chi connectivity index (χ0v) is 9.51. The minimum Gasteiger partial charge on any atom is -0.389 e. The molecule has 0 spiro atoms. The van der Waals surface area contributed by atoms with Crippen molar-refractivity contribution in [1.82, 2.24) is 9.97 Å². The highest BCUT2D eigenvalue weighted by Gasteiger charge is 2.06. The summed E-state index contributed by atoms with van der Waals surface area (Å²) in [5.41, 5.74) is 0.738. The van der Waals surface area contributed by atoms with Gasteiger partial charge >= 0.3 is 0 Å². The molecule has 0 bridgehead atoms. The lowest BCUT2D eigenvalue weighted by Crippen LogP contribution is -2.05. The van der Waals surface area contributed by atoms with Gasteiger partial charge in [0.25, 0.3) is 5.88 Å². The van der Waals surface area contributed by atoms with Crippen LogP contribution in [0.5, 0.6) is 5.88 Å². The Balaban J connectivity index is 0.000000500. The fourth-order valence-corrected chi connectivity index (χ4v) is 0.992. The highest BCUT2D eigenvalue weighted by molar-refractivity contribution is 6.32. The maximum absolute atomic E-state index is 5.78. The van der Waals surface area contributed by atoms with Crippen LogP contribution >= 0.6 is 11.6 Å². The van der Waals surface area contributed by atoms with Crippen LogP contribution in [0.3, 0.4) is 0 Å². The van der Waals surface area contributed by atoms with Crippen LogP contribution < -0.4 is 10.7 Å².